The monoisotopic (exact) mass is 497 g/mol. The molecule has 0 spiro atoms. The summed E-state index contributed by atoms with van der Waals surface area (Å²) >= 11 is 1.56. The fraction of sp³-hybridized carbons (Fsp3) is 0.227. The van der Waals surface area contributed by atoms with Gasteiger partial charge in [0.25, 0.3) is 15.9 Å². The van der Waals surface area contributed by atoms with Crippen LogP contribution in [0.3, 0.4) is 0 Å². The van der Waals surface area contributed by atoms with Crippen LogP contribution in [0.2, 0.25) is 0 Å². The zero-order chi connectivity index (χ0) is 24.2. The van der Waals surface area contributed by atoms with Gasteiger partial charge in [-0.25, -0.2) is 8.42 Å². The number of nitrogens with one attached hydrogen (secondary N) is 2. The molecule has 1 unspecified atom stereocenters. The summed E-state index contributed by atoms with van der Waals surface area (Å²) in [5.41, 5.74) is 0.159. The molecule has 33 heavy (non-hydrogen) atoms. The summed E-state index contributed by atoms with van der Waals surface area (Å²) in [5, 5.41) is 6.81. The number of carbonyl (C=O) groups is 1. The number of amides is 1. The van der Waals surface area contributed by atoms with Crippen LogP contribution in [-0.2, 0) is 16.2 Å². The summed E-state index contributed by atoms with van der Waals surface area (Å²) in [6.07, 6.45) is -4.59. The second kappa shape index (κ2) is 9.94. The Kier molecular flexibility index (Phi) is 7.45. The first-order chi connectivity index (χ1) is 15.5. The van der Waals surface area contributed by atoms with Crippen LogP contribution < -0.4 is 10.0 Å². The number of anilines is 1. The number of benzene rings is 2. The number of sulfonamides is 1. The molecule has 0 bridgehead atoms. The molecule has 6 nitrogen and oxygen atoms in total. The van der Waals surface area contributed by atoms with E-state index < -0.39 is 21.8 Å². The Bertz CT molecular complexity index is 1190. The Morgan fingerprint density at radius 3 is 2.36 bits per heavy atom. The van der Waals surface area contributed by atoms with Crippen LogP contribution in [0.15, 0.2) is 70.3 Å². The minimum atomic E-state index is -4.59. The van der Waals surface area contributed by atoms with Crippen molar-refractivity contribution < 1.29 is 26.4 Å². The average Bonchev–Trinajstić information content (AvgIpc) is 3.27. The Morgan fingerprint density at radius 2 is 1.79 bits per heavy atom. The normalized spacial score (nSPS) is 13.0. The van der Waals surface area contributed by atoms with Gasteiger partial charge in [0, 0.05) is 17.8 Å². The maximum absolute atomic E-state index is 12.9. The molecule has 0 fully saturated rings. The Balaban J connectivity index is 1.68. The number of hydrogen-bond acceptors (Lipinski definition) is 5. The van der Waals surface area contributed by atoms with E-state index in [-0.39, 0.29) is 28.1 Å². The van der Waals surface area contributed by atoms with Crippen LogP contribution in [0.1, 0.15) is 27.5 Å². The van der Waals surface area contributed by atoms with Crippen molar-refractivity contribution in [1.82, 2.24) is 10.2 Å². The van der Waals surface area contributed by atoms with Gasteiger partial charge in [0.1, 0.15) is 0 Å². The molecule has 2 aromatic carbocycles. The Labute approximate surface area is 194 Å². The molecule has 3 aromatic rings. The first-order valence-electron chi connectivity index (χ1n) is 9.74. The molecule has 0 aliphatic heterocycles. The zero-order valence-corrected chi connectivity index (χ0v) is 19.4. The van der Waals surface area contributed by atoms with E-state index in [4.69, 9.17) is 0 Å². The number of hydrogen-bond donors (Lipinski definition) is 2. The lowest BCUT2D eigenvalue weighted by atomic mass is 10.1. The van der Waals surface area contributed by atoms with Crippen molar-refractivity contribution >= 4 is 33.0 Å². The third kappa shape index (κ3) is 6.34. The summed E-state index contributed by atoms with van der Waals surface area (Å²) in [6, 6.07) is 11.0. The molecule has 0 aliphatic carbocycles. The fourth-order valence-electron chi connectivity index (χ4n) is 3.11. The minimum absolute atomic E-state index is 0.0171. The number of rotatable bonds is 8. The quantitative estimate of drug-likeness (QED) is 0.477. The molecule has 11 heteroatoms. The van der Waals surface area contributed by atoms with Gasteiger partial charge < -0.3 is 10.2 Å². The molecule has 1 aromatic heterocycles. The number of nitrogens with zero attached hydrogens (tertiary/aromatic N) is 1. The first-order valence-corrected chi connectivity index (χ1v) is 12.2. The van der Waals surface area contributed by atoms with Crippen molar-refractivity contribution in [1.29, 1.82) is 0 Å². The van der Waals surface area contributed by atoms with Crippen molar-refractivity contribution in [3.8, 4) is 0 Å². The van der Waals surface area contributed by atoms with Crippen LogP contribution in [0, 0.1) is 0 Å². The lowest BCUT2D eigenvalue weighted by Gasteiger charge is -2.24. The number of halogens is 3. The number of alkyl halides is 3. The highest BCUT2D eigenvalue weighted by Gasteiger charge is 2.30. The third-order valence-corrected chi connectivity index (χ3v) is 6.97. The van der Waals surface area contributed by atoms with Gasteiger partial charge in [-0.1, -0.05) is 6.07 Å². The zero-order valence-electron chi connectivity index (χ0n) is 17.8. The van der Waals surface area contributed by atoms with Crippen LogP contribution in [0.5, 0.6) is 0 Å². The molecule has 0 radical (unpaired) electrons. The second-order valence-electron chi connectivity index (χ2n) is 7.45. The van der Waals surface area contributed by atoms with Gasteiger partial charge in [-0.15, -0.1) is 0 Å². The molecule has 1 atom stereocenters. The van der Waals surface area contributed by atoms with Crippen molar-refractivity contribution in [3.63, 3.8) is 0 Å². The van der Waals surface area contributed by atoms with Gasteiger partial charge in [-0.05, 0) is 78.9 Å². The average molecular weight is 498 g/mol. The maximum Gasteiger partial charge on any atom is 0.416 e. The van der Waals surface area contributed by atoms with Crippen molar-refractivity contribution in [2.75, 3.05) is 25.4 Å². The third-order valence-electron chi connectivity index (χ3n) is 4.88. The van der Waals surface area contributed by atoms with E-state index >= 15 is 0 Å². The molecule has 3 rings (SSSR count). The molecule has 0 saturated carbocycles. The second-order valence-corrected chi connectivity index (χ2v) is 9.92. The van der Waals surface area contributed by atoms with Crippen molar-refractivity contribution in [2.45, 2.75) is 17.1 Å². The van der Waals surface area contributed by atoms with Crippen LogP contribution in [0.4, 0.5) is 18.9 Å². The van der Waals surface area contributed by atoms with E-state index in [1.165, 1.54) is 30.3 Å². The Hall–Kier alpha value is -2.89. The molecule has 2 N–H and O–H groups in total. The summed E-state index contributed by atoms with van der Waals surface area (Å²) in [7, 11) is -0.323. The van der Waals surface area contributed by atoms with Crippen LogP contribution in [0.25, 0.3) is 0 Å². The largest absolute Gasteiger partial charge is 0.416 e. The van der Waals surface area contributed by atoms with Crippen molar-refractivity contribution in [3.05, 3.63) is 82.0 Å². The van der Waals surface area contributed by atoms with Gasteiger partial charge >= 0.3 is 6.18 Å². The smallest absolute Gasteiger partial charge is 0.350 e. The lowest BCUT2D eigenvalue weighted by Crippen LogP contribution is -2.34. The fourth-order valence-corrected chi connectivity index (χ4v) is 4.87. The number of carbonyl (C=O) groups excluding carboxylic acids is 1. The lowest BCUT2D eigenvalue weighted by molar-refractivity contribution is -0.137. The van der Waals surface area contributed by atoms with Gasteiger partial charge in [0.15, 0.2) is 0 Å². The van der Waals surface area contributed by atoms with Gasteiger partial charge in [-0.3, -0.25) is 9.52 Å². The molecule has 0 aliphatic rings. The van der Waals surface area contributed by atoms with E-state index in [9.17, 15) is 26.4 Å². The van der Waals surface area contributed by atoms with Gasteiger partial charge in [0.2, 0.25) is 0 Å². The number of thiophene rings is 1. The summed E-state index contributed by atoms with van der Waals surface area (Å²) in [5.74, 6) is -0.369. The topological polar surface area (TPSA) is 78.5 Å². The predicted octanol–water partition coefficient (Wildman–Crippen LogP) is 4.60. The molecular weight excluding hydrogens is 475 g/mol. The van der Waals surface area contributed by atoms with E-state index in [1.807, 2.05) is 35.8 Å². The summed E-state index contributed by atoms with van der Waals surface area (Å²) < 4.78 is 65.9. The minimum Gasteiger partial charge on any atom is -0.350 e. The van der Waals surface area contributed by atoms with Crippen molar-refractivity contribution in [2.24, 2.45) is 0 Å². The highest BCUT2D eigenvalue weighted by Crippen LogP contribution is 2.31. The Morgan fingerprint density at radius 1 is 1.09 bits per heavy atom. The number of likely N-dealkylation sites (N-methyl/N-ethyl adjacent to an activating group) is 1. The highest BCUT2D eigenvalue weighted by atomic mass is 32.2. The SMILES string of the molecule is CN(C)C(CNC(=O)c1ccc(S(=O)(=O)Nc2cccc(C(F)(F)F)c2)cc1)c1ccsc1. The standard InChI is InChI=1S/C22H22F3N3O3S2/c1-28(2)20(16-10-11-32-14-16)13-26-21(29)15-6-8-19(9-7-15)33(30,31)27-18-5-3-4-17(12-18)22(23,24)25/h3-12,14,20,27H,13H2,1-2H3,(H,26,29). The molecule has 1 heterocycles. The molecule has 0 saturated heterocycles. The predicted molar refractivity (Wildman–Crippen MR) is 122 cm³/mol. The van der Waals surface area contributed by atoms with E-state index in [2.05, 4.69) is 10.0 Å². The van der Waals surface area contributed by atoms with E-state index in [0.717, 1.165) is 17.7 Å². The van der Waals surface area contributed by atoms with Gasteiger partial charge in [0.05, 0.1) is 16.5 Å². The highest BCUT2D eigenvalue weighted by molar-refractivity contribution is 7.92. The summed E-state index contributed by atoms with van der Waals surface area (Å²) in [6.45, 7) is 0.361. The first kappa shape index (κ1) is 24.7. The van der Waals surface area contributed by atoms with Crippen LogP contribution >= 0.6 is 11.3 Å². The van der Waals surface area contributed by atoms with Gasteiger partial charge in [-0.2, -0.15) is 24.5 Å². The van der Waals surface area contributed by atoms with E-state index in [0.29, 0.717) is 12.6 Å². The molecule has 176 valence electrons. The van der Waals surface area contributed by atoms with Crippen LogP contribution in [-0.4, -0.2) is 39.9 Å². The van der Waals surface area contributed by atoms with E-state index in [1.54, 1.807) is 11.3 Å². The maximum atomic E-state index is 12.9. The molecular formula is C22H22F3N3O3S2. The molecule has 1 amide bonds. The summed E-state index contributed by atoms with van der Waals surface area (Å²) in [4.78, 5) is 14.3.